The molecule has 0 saturated heterocycles. The summed E-state index contributed by atoms with van der Waals surface area (Å²) >= 11 is 0. The van der Waals surface area contributed by atoms with Crippen molar-refractivity contribution in [3.8, 4) is 0 Å². The van der Waals surface area contributed by atoms with Crippen LogP contribution in [0.15, 0.2) is 0 Å². The molecule has 2 aliphatic rings. The molecule has 2 nitrogen and oxygen atoms in total. The third-order valence-electron chi connectivity index (χ3n) is 3.91. The van der Waals surface area contributed by atoms with E-state index in [9.17, 15) is 10.2 Å². The van der Waals surface area contributed by atoms with Gasteiger partial charge in [-0.15, -0.1) is 0 Å². The minimum Gasteiger partial charge on any atom is -0.393 e. The standard InChI is InChI=1S/C10H18O2/c1-10-5-2-3-7(9(10)12)8(11)4-6-10/h7-9,11-12H,2-6H2,1H3/t7-,8+,9-,10+/m1/s1. The molecule has 2 rings (SSSR count). The lowest BCUT2D eigenvalue weighted by atomic mass is 9.60. The highest BCUT2D eigenvalue weighted by Gasteiger charge is 2.47. The van der Waals surface area contributed by atoms with E-state index in [2.05, 4.69) is 6.92 Å². The Morgan fingerprint density at radius 1 is 1.17 bits per heavy atom. The molecule has 0 aromatic carbocycles. The van der Waals surface area contributed by atoms with Crippen LogP contribution in [-0.4, -0.2) is 22.4 Å². The van der Waals surface area contributed by atoms with Crippen molar-refractivity contribution in [2.24, 2.45) is 11.3 Å². The largest absolute Gasteiger partial charge is 0.393 e. The summed E-state index contributed by atoms with van der Waals surface area (Å²) in [5.74, 6) is 0.164. The quantitative estimate of drug-likeness (QED) is 0.575. The van der Waals surface area contributed by atoms with Crippen LogP contribution in [0.3, 0.4) is 0 Å². The van der Waals surface area contributed by atoms with Crippen molar-refractivity contribution >= 4 is 0 Å². The lowest BCUT2D eigenvalue weighted by molar-refractivity contribution is -0.125. The molecule has 2 N–H and O–H groups in total. The Hall–Kier alpha value is -0.0800. The zero-order valence-corrected chi connectivity index (χ0v) is 7.66. The van der Waals surface area contributed by atoms with Crippen LogP contribution in [0.2, 0.25) is 0 Å². The topological polar surface area (TPSA) is 40.5 Å². The predicted octanol–water partition coefficient (Wildman–Crippen LogP) is 1.31. The van der Waals surface area contributed by atoms with E-state index in [1.54, 1.807) is 0 Å². The summed E-state index contributed by atoms with van der Waals surface area (Å²) in [6, 6.07) is 0. The number of fused-ring (bicyclic) bond motifs is 2. The van der Waals surface area contributed by atoms with Gasteiger partial charge >= 0.3 is 0 Å². The van der Waals surface area contributed by atoms with Gasteiger partial charge in [-0.2, -0.15) is 0 Å². The molecule has 70 valence electrons. The molecule has 2 saturated carbocycles. The summed E-state index contributed by atoms with van der Waals surface area (Å²) in [6.07, 6.45) is 4.71. The Balaban J connectivity index is 2.19. The second-order valence-electron chi connectivity index (χ2n) is 4.76. The van der Waals surface area contributed by atoms with Gasteiger partial charge in [-0.3, -0.25) is 0 Å². The molecule has 0 spiro atoms. The molecule has 0 radical (unpaired) electrons. The molecular weight excluding hydrogens is 152 g/mol. The van der Waals surface area contributed by atoms with Crippen molar-refractivity contribution in [1.82, 2.24) is 0 Å². The third-order valence-corrected chi connectivity index (χ3v) is 3.91. The Morgan fingerprint density at radius 3 is 2.58 bits per heavy atom. The second kappa shape index (κ2) is 2.71. The first kappa shape index (κ1) is 8.52. The molecule has 12 heavy (non-hydrogen) atoms. The van der Waals surface area contributed by atoms with Crippen LogP contribution in [-0.2, 0) is 0 Å². The maximum Gasteiger partial charge on any atom is 0.0646 e. The molecule has 0 heterocycles. The zero-order chi connectivity index (χ0) is 8.77. The summed E-state index contributed by atoms with van der Waals surface area (Å²) < 4.78 is 0. The smallest absolute Gasteiger partial charge is 0.0646 e. The summed E-state index contributed by atoms with van der Waals surface area (Å²) in [5, 5.41) is 19.6. The van der Waals surface area contributed by atoms with Crippen molar-refractivity contribution in [1.29, 1.82) is 0 Å². The molecule has 4 atom stereocenters. The van der Waals surface area contributed by atoms with Gasteiger partial charge in [0.1, 0.15) is 0 Å². The Morgan fingerprint density at radius 2 is 1.92 bits per heavy atom. The SMILES string of the molecule is C[C@@]12CCC[C@@H]([C@H]1O)[C@@H](O)CC2. The first-order valence-electron chi connectivity index (χ1n) is 5.00. The van der Waals surface area contributed by atoms with Crippen LogP contribution < -0.4 is 0 Å². The summed E-state index contributed by atoms with van der Waals surface area (Å²) in [7, 11) is 0. The number of aliphatic hydroxyl groups is 2. The fraction of sp³-hybridized carbons (Fsp3) is 1.00. The van der Waals surface area contributed by atoms with Gasteiger partial charge in [0.05, 0.1) is 12.2 Å². The molecule has 0 aromatic rings. The molecule has 0 aromatic heterocycles. The first-order chi connectivity index (χ1) is 5.63. The van der Waals surface area contributed by atoms with Crippen LogP contribution in [0.1, 0.15) is 39.0 Å². The fourth-order valence-electron chi connectivity index (χ4n) is 2.93. The fourth-order valence-corrected chi connectivity index (χ4v) is 2.93. The van der Waals surface area contributed by atoms with Crippen molar-refractivity contribution < 1.29 is 10.2 Å². The van der Waals surface area contributed by atoms with Gasteiger partial charge in [0.2, 0.25) is 0 Å². The normalized spacial score (nSPS) is 53.8. The van der Waals surface area contributed by atoms with Crippen molar-refractivity contribution in [2.45, 2.75) is 51.2 Å². The van der Waals surface area contributed by atoms with Gasteiger partial charge in [0, 0.05) is 5.92 Å². The summed E-state index contributed by atoms with van der Waals surface area (Å²) in [4.78, 5) is 0. The molecule has 0 aliphatic heterocycles. The van der Waals surface area contributed by atoms with Crippen LogP contribution in [0.25, 0.3) is 0 Å². The Labute approximate surface area is 73.6 Å². The van der Waals surface area contributed by atoms with Crippen molar-refractivity contribution in [3.05, 3.63) is 0 Å². The highest BCUT2D eigenvalue weighted by atomic mass is 16.3. The van der Waals surface area contributed by atoms with Gasteiger partial charge in [0.15, 0.2) is 0 Å². The number of hydrogen-bond donors (Lipinski definition) is 2. The highest BCUT2D eigenvalue weighted by molar-refractivity contribution is 4.98. The monoisotopic (exact) mass is 170 g/mol. The molecule has 0 amide bonds. The van der Waals surface area contributed by atoms with E-state index < -0.39 is 0 Å². The van der Waals surface area contributed by atoms with Gasteiger partial charge in [-0.25, -0.2) is 0 Å². The molecule has 2 fully saturated rings. The zero-order valence-electron chi connectivity index (χ0n) is 7.66. The minimum atomic E-state index is -0.255. The molecule has 2 heteroatoms. The van der Waals surface area contributed by atoms with Crippen LogP contribution in [0, 0.1) is 11.3 Å². The maximum absolute atomic E-state index is 9.96. The Bertz CT molecular complexity index is 181. The van der Waals surface area contributed by atoms with Crippen molar-refractivity contribution in [3.63, 3.8) is 0 Å². The third kappa shape index (κ3) is 1.09. The average molecular weight is 170 g/mol. The molecular formula is C10H18O2. The second-order valence-corrected chi connectivity index (χ2v) is 4.76. The van der Waals surface area contributed by atoms with Gasteiger partial charge in [-0.05, 0) is 31.1 Å². The van der Waals surface area contributed by atoms with Gasteiger partial charge < -0.3 is 10.2 Å². The first-order valence-corrected chi connectivity index (χ1v) is 5.00. The van der Waals surface area contributed by atoms with Crippen molar-refractivity contribution in [2.75, 3.05) is 0 Å². The van der Waals surface area contributed by atoms with E-state index >= 15 is 0 Å². The predicted molar refractivity (Wildman–Crippen MR) is 46.7 cm³/mol. The van der Waals surface area contributed by atoms with E-state index in [0.29, 0.717) is 0 Å². The maximum atomic E-state index is 9.96. The number of rotatable bonds is 0. The molecule has 0 unspecified atom stereocenters. The van der Waals surface area contributed by atoms with Gasteiger partial charge in [0.25, 0.3) is 0 Å². The molecule has 2 bridgehead atoms. The minimum absolute atomic E-state index is 0.113. The van der Waals surface area contributed by atoms with E-state index in [4.69, 9.17) is 0 Å². The summed E-state index contributed by atoms with van der Waals surface area (Å²) in [6.45, 7) is 2.16. The van der Waals surface area contributed by atoms with E-state index in [0.717, 1.165) is 25.7 Å². The average Bonchev–Trinajstić information content (AvgIpc) is 2.03. The van der Waals surface area contributed by atoms with Crippen LogP contribution in [0.4, 0.5) is 0 Å². The summed E-state index contributed by atoms with van der Waals surface area (Å²) in [5.41, 5.74) is 0.113. The van der Waals surface area contributed by atoms with Crippen LogP contribution in [0.5, 0.6) is 0 Å². The highest BCUT2D eigenvalue weighted by Crippen LogP contribution is 2.48. The molecule has 2 aliphatic carbocycles. The Kier molecular flexibility index (Phi) is 1.92. The lowest BCUT2D eigenvalue weighted by Gasteiger charge is -2.49. The number of hydrogen-bond acceptors (Lipinski definition) is 2. The lowest BCUT2D eigenvalue weighted by Crippen LogP contribution is -2.50. The number of aliphatic hydroxyl groups excluding tert-OH is 2. The van der Waals surface area contributed by atoms with E-state index in [1.807, 2.05) is 0 Å². The van der Waals surface area contributed by atoms with Gasteiger partial charge in [-0.1, -0.05) is 13.3 Å². The van der Waals surface area contributed by atoms with E-state index in [-0.39, 0.29) is 23.5 Å². The van der Waals surface area contributed by atoms with Crippen LogP contribution >= 0.6 is 0 Å². The van der Waals surface area contributed by atoms with E-state index in [1.165, 1.54) is 6.42 Å².